The summed E-state index contributed by atoms with van der Waals surface area (Å²) in [6, 6.07) is 7.72. The first-order valence-electron chi connectivity index (χ1n) is 7.92. The molecule has 1 saturated heterocycles. The van der Waals surface area contributed by atoms with Crippen molar-refractivity contribution in [2.24, 2.45) is 0 Å². The van der Waals surface area contributed by atoms with Crippen LogP contribution in [0.15, 0.2) is 30.5 Å². The van der Waals surface area contributed by atoms with Crippen molar-refractivity contribution in [3.8, 4) is 0 Å². The number of rotatable bonds is 4. The lowest BCUT2D eigenvalue weighted by Crippen LogP contribution is -2.69. The fourth-order valence-electron chi connectivity index (χ4n) is 3.34. The number of benzene rings is 1. The Kier molecular flexibility index (Phi) is 4.78. The second-order valence-corrected chi connectivity index (χ2v) is 6.43. The predicted molar refractivity (Wildman–Crippen MR) is 96.2 cm³/mol. The molecule has 3 rings (SSSR count). The Morgan fingerprint density at radius 1 is 1.40 bits per heavy atom. The number of aldehydes is 1. The van der Waals surface area contributed by atoms with Gasteiger partial charge in [-0.3, -0.25) is 10.2 Å². The number of halogens is 1. The highest BCUT2D eigenvalue weighted by Gasteiger charge is 2.43. The van der Waals surface area contributed by atoms with E-state index < -0.39 is 11.8 Å². The number of nitrogens with one attached hydrogen (secondary N) is 1. The van der Waals surface area contributed by atoms with Crippen molar-refractivity contribution in [3.05, 3.63) is 35.6 Å². The third-order valence-electron chi connectivity index (χ3n) is 4.72. The summed E-state index contributed by atoms with van der Waals surface area (Å²) in [6.45, 7) is 1.22. The van der Waals surface area contributed by atoms with Gasteiger partial charge in [0.25, 0.3) is 0 Å². The van der Waals surface area contributed by atoms with Crippen LogP contribution in [0.1, 0.15) is 6.42 Å². The summed E-state index contributed by atoms with van der Waals surface area (Å²) in [6.07, 6.45) is 1.51. The highest BCUT2D eigenvalue weighted by atomic mass is 35.5. The van der Waals surface area contributed by atoms with E-state index in [-0.39, 0.29) is 6.42 Å². The van der Waals surface area contributed by atoms with Crippen molar-refractivity contribution in [1.29, 1.82) is 0 Å². The van der Waals surface area contributed by atoms with E-state index in [4.69, 9.17) is 11.6 Å². The molecule has 8 heteroatoms. The van der Waals surface area contributed by atoms with Crippen molar-refractivity contribution in [3.63, 3.8) is 0 Å². The van der Waals surface area contributed by atoms with Crippen LogP contribution in [0.4, 0.5) is 10.5 Å². The van der Waals surface area contributed by atoms with Gasteiger partial charge in [-0.15, -0.1) is 0 Å². The number of fused-ring (bicyclic) bond motifs is 1. The first-order chi connectivity index (χ1) is 12.0. The monoisotopic (exact) mass is 362 g/mol. The molecule has 0 saturated carbocycles. The molecule has 0 aliphatic carbocycles. The average molecular weight is 363 g/mol. The number of piperazine rings is 1. The number of carboxylic acid groups (broad SMARTS) is 1. The second kappa shape index (κ2) is 6.85. The summed E-state index contributed by atoms with van der Waals surface area (Å²) >= 11 is 5.97. The van der Waals surface area contributed by atoms with Crippen LogP contribution >= 0.6 is 11.6 Å². The van der Waals surface area contributed by atoms with Crippen LogP contribution in [0.2, 0.25) is 5.15 Å². The summed E-state index contributed by atoms with van der Waals surface area (Å²) in [7, 11) is 1.68. The number of hydrogen-bond donors (Lipinski definition) is 2. The third kappa shape index (κ3) is 3.25. The van der Waals surface area contributed by atoms with Crippen molar-refractivity contribution < 1.29 is 14.7 Å². The number of carbonyl (C=O) groups excluding carboxylic acids is 1. The summed E-state index contributed by atoms with van der Waals surface area (Å²) < 4.78 is 0. The van der Waals surface area contributed by atoms with Gasteiger partial charge in [0.2, 0.25) is 0 Å². The molecule has 1 atom stereocenters. The quantitative estimate of drug-likeness (QED) is 0.640. The van der Waals surface area contributed by atoms with Gasteiger partial charge in [-0.1, -0.05) is 17.7 Å². The maximum atomic E-state index is 11.6. The number of hydrogen-bond acceptors (Lipinski definition) is 5. The van der Waals surface area contributed by atoms with Crippen molar-refractivity contribution in [2.75, 3.05) is 31.6 Å². The van der Waals surface area contributed by atoms with Gasteiger partial charge in [0, 0.05) is 36.8 Å². The number of aromatic nitrogens is 1. The van der Waals surface area contributed by atoms with E-state index in [1.807, 2.05) is 18.2 Å². The van der Waals surface area contributed by atoms with Gasteiger partial charge in [0.05, 0.1) is 6.54 Å². The Bertz CT molecular complexity index is 816. The van der Waals surface area contributed by atoms with Crippen LogP contribution < -0.4 is 10.2 Å². The minimum atomic E-state index is -1.03. The maximum absolute atomic E-state index is 11.6. The molecule has 2 heterocycles. The Morgan fingerprint density at radius 2 is 2.20 bits per heavy atom. The Balaban J connectivity index is 1.95. The molecule has 1 amide bonds. The number of amides is 1. The lowest BCUT2D eigenvalue weighted by molar-refractivity contribution is -0.110. The first kappa shape index (κ1) is 17.4. The average Bonchev–Trinajstić information content (AvgIpc) is 2.60. The molecule has 1 aromatic heterocycles. The van der Waals surface area contributed by atoms with E-state index in [2.05, 4.69) is 15.2 Å². The van der Waals surface area contributed by atoms with Gasteiger partial charge in [0.1, 0.15) is 17.1 Å². The Morgan fingerprint density at radius 3 is 2.88 bits per heavy atom. The van der Waals surface area contributed by atoms with Crippen LogP contribution in [0.3, 0.4) is 0 Å². The molecule has 0 bridgehead atoms. The molecule has 0 radical (unpaired) electrons. The van der Waals surface area contributed by atoms with Gasteiger partial charge in [-0.25, -0.2) is 9.78 Å². The SMILES string of the molecule is CNC1(CC=O)CN(c2ccc3cnc(Cl)cc3c2)CCN1C(=O)O. The lowest BCUT2D eigenvalue weighted by atomic mass is 10.00. The number of likely N-dealkylation sites (N-methyl/N-ethyl adjacent to an activating group) is 1. The zero-order chi connectivity index (χ0) is 18.0. The number of pyridine rings is 1. The van der Waals surface area contributed by atoms with Crippen LogP contribution in [0, 0.1) is 0 Å². The minimum absolute atomic E-state index is 0.0790. The van der Waals surface area contributed by atoms with Gasteiger partial charge in [-0.2, -0.15) is 0 Å². The molecule has 132 valence electrons. The van der Waals surface area contributed by atoms with Crippen molar-refractivity contribution in [1.82, 2.24) is 15.2 Å². The van der Waals surface area contributed by atoms with Crippen LogP contribution in [-0.2, 0) is 4.79 Å². The van der Waals surface area contributed by atoms with E-state index >= 15 is 0 Å². The standard InChI is InChI=1S/C17H19ClN4O3/c1-19-17(4-7-23)11-21(5-6-22(17)16(24)25)14-3-2-12-10-20-15(18)9-13(12)8-14/h2-3,7-10,19H,4-6,11H2,1H3,(H,24,25). The van der Waals surface area contributed by atoms with Crippen molar-refractivity contribution in [2.45, 2.75) is 12.1 Å². The fraction of sp³-hybridized carbons (Fsp3) is 0.353. The third-order valence-corrected chi connectivity index (χ3v) is 4.92. The number of anilines is 1. The van der Waals surface area contributed by atoms with E-state index in [0.717, 1.165) is 22.7 Å². The van der Waals surface area contributed by atoms with Crippen LogP contribution in [0.5, 0.6) is 0 Å². The highest BCUT2D eigenvalue weighted by molar-refractivity contribution is 6.30. The summed E-state index contributed by atoms with van der Waals surface area (Å²) in [4.78, 5) is 30.2. The summed E-state index contributed by atoms with van der Waals surface area (Å²) in [5, 5.41) is 14.9. The van der Waals surface area contributed by atoms with E-state index in [1.165, 1.54) is 4.90 Å². The fourth-order valence-corrected chi connectivity index (χ4v) is 3.51. The topological polar surface area (TPSA) is 85.8 Å². The Labute approximate surface area is 150 Å². The number of nitrogens with zero attached hydrogens (tertiary/aromatic N) is 3. The van der Waals surface area contributed by atoms with Crippen molar-refractivity contribution >= 4 is 40.4 Å². The lowest BCUT2D eigenvalue weighted by Gasteiger charge is -2.49. The van der Waals surface area contributed by atoms with E-state index in [9.17, 15) is 14.7 Å². The van der Waals surface area contributed by atoms with Gasteiger partial charge >= 0.3 is 6.09 Å². The zero-order valence-electron chi connectivity index (χ0n) is 13.8. The largest absolute Gasteiger partial charge is 0.465 e. The smallest absolute Gasteiger partial charge is 0.408 e. The molecule has 1 aliphatic heterocycles. The second-order valence-electron chi connectivity index (χ2n) is 6.05. The molecule has 0 spiro atoms. The minimum Gasteiger partial charge on any atom is -0.465 e. The maximum Gasteiger partial charge on any atom is 0.408 e. The molecular formula is C17H19ClN4O3. The predicted octanol–water partition coefficient (Wildman–Crippen LogP) is 2.19. The first-order valence-corrected chi connectivity index (χ1v) is 8.30. The summed E-state index contributed by atoms with van der Waals surface area (Å²) in [5.74, 6) is 0. The normalized spacial score (nSPS) is 20.7. The van der Waals surface area contributed by atoms with Crippen LogP contribution in [-0.4, -0.2) is 59.7 Å². The molecule has 1 aromatic carbocycles. The van der Waals surface area contributed by atoms with Gasteiger partial charge in [0.15, 0.2) is 0 Å². The molecule has 2 N–H and O–H groups in total. The number of carbonyl (C=O) groups is 2. The van der Waals surface area contributed by atoms with Gasteiger partial charge in [-0.05, 0) is 30.6 Å². The molecule has 2 aromatic rings. The Hall–Kier alpha value is -2.38. The van der Waals surface area contributed by atoms with Gasteiger partial charge < -0.3 is 14.8 Å². The molecule has 1 fully saturated rings. The molecular weight excluding hydrogens is 344 g/mol. The molecule has 1 aliphatic rings. The van der Waals surface area contributed by atoms with E-state index in [0.29, 0.717) is 24.8 Å². The molecule has 25 heavy (non-hydrogen) atoms. The van der Waals surface area contributed by atoms with E-state index in [1.54, 1.807) is 19.3 Å². The zero-order valence-corrected chi connectivity index (χ0v) is 14.5. The highest BCUT2D eigenvalue weighted by Crippen LogP contribution is 2.29. The summed E-state index contributed by atoms with van der Waals surface area (Å²) in [5.41, 5.74) is 0.00164. The molecule has 7 nitrogen and oxygen atoms in total. The van der Waals surface area contributed by atoms with Crippen LogP contribution in [0.25, 0.3) is 10.8 Å². The molecule has 1 unspecified atom stereocenters.